The van der Waals surface area contributed by atoms with Crippen molar-refractivity contribution in [2.45, 2.75) is 24.7 Å². The first-order valence-corrected chi connectivity index (χ1v) is 7.48. The molecule has 12 heteroatoms. The zero-order chi connectivity index (χ0) is 15.8. The van der Waals surface area contributed by atoms with Crippen molar-refractivity contribution in [1.29, 1.82) is 0 Å². The molecule has 4 atom stereocenters. The Bertz CT molecular complexity index is 664. The van der Waals surface area contributed by atoms with E-state index in [9.17, 15) is 24.4 Å². The molecule has 11 nitrogen and oxygen atoms in total. The van der Waals surface area contributed by atoms with Crippen LogP contribution in [0.1, 0.15) is 6.23 Å². The van der Waals surface area contributed by atoms with Gasteiger partial charge in [0, 0.05) is 12.3 Å². The summed E-state index contributed by atoms with van der Waals surface area (Å²) in [6.07, 6.45) is -6.08. The van der Waals surface area contributed by atoms with Crippen molar-refractivity contribution in [2.75, 3.05) is 6.35 Å². The topological polar surface area (TPSA) is 171 Å². The molecule has 0 bridgehead atoms. The number of rotatable bonds is 4. The molecule has 0 aliphatic carbocycles. The Balaban J connectivity index is 2.18. The van der Waals surface area contributed by atoms with E-state index >= 15 is 0 Å². The number of nitrogens with zero attached hydrogens (tertiary/aromatic N) is 1. The Labute approximate surface area is 116 Å². The van der Waals surface area contributed by atoms with Crippen LogP contribution < -0.4 is 11.2 Å². The Morgan fingerprint density at radius 3 is 2.57 bits per heavy atom. The highest BCUT2D eigenvalue weighted by Gasteiger charge is 2.45. The second-order valence-corrected chi connectivity index (χ2v) is 5.94. The first-order valence-electron chi connectivity index (χ1n) is 5.68. The van der Waals surface area contributed by atoms with Crippen LogP contribution in [0.2, 0.25) is 0 Å². The molecule has 1 aromatic rings. The lowest BCUT2D eigenvalue weighted by atomic mass is 10.2. The quantitative estimate of drug-likeness (QED) is 0.368. The molecular weight excluding hydrogens is 311 g/mol. The highest BCUT2D eigenvalue weighted by molar-refractivity contribution is 7.51. The van der Waals surface area contributed by atoms with Gasteiger partial charge in [0.25, 0.3) is 5.56 Å². The van der Waals surface area contributed by atoms with E-state index in [2.05, 4.69) is 4.74 Å². The minimum absolute atomic E-state index is 0.654. The molecule has 0 unspecified atom stereocenters. The van der Waals surface area contributed by atoms with Gasteiger partial charge in [-0.25, -0.2) is 4.79 Å². The zero-order valence-electron chi connectivity index (χ0n) is 10.4. The van der Waals surface area contributed by atoms with Gasteiger partial charge in [-0.3, -0.25) is 18.9 Å². The molecular formula is C9H13N2O9P. The largest absolute Gasteiger partial charge is 0.385 e. The first-order chi connectivity index (χ1) is 9.69. The van der Waals surface area contributed by atoms with Crippen molar-refractivity contribution in [3.8, 4) is 0 Å². The van der Waals surface area contributed by atoms with Crippen molar-refractivity contribution >= 4 is 7.60 Å². The number of aliphatic hydroxyl groups is 2. The molecule has 1 aliphatic heterocycles. The molecule has 0 radical (unpaired) electrons. The molecule has 1 fully saturated rings. The minimum Gasteiger partial charge on any atom is -0.385 e. The molecule has 1 saturated heterocycles. The van der Waals surface area contributed by atoms with Gasteiger partial charge in [-0.15, -0.1) is 0 Å². The number of aromatic amines is 1. The van der Waals surface area contributed by atoms with Gasteiger partial charge in [-0.2, -0.15) is 0 Å². The van der Waals surface area contributed by atoms with E-state index in [1.807, 2.05) is 4.98 Å². The summed E-state index contributed by atoms with van der Waals surface area (Å²) in [7, 11) is -4.48. The van der Waals surface area contributed by atoms with E-state index in [1.54, 1.807) is 0 Å². The van der Waals surface area contributed by atoms with E-state index < -0.39 is 49.9 Å². The molecule has 118 valence electrons. The third-order valence-electron chi connectivity index (χ3n) is 2.73. The van der Waals surface area contributed by atoms with Crippen molar-refractivity contribution in [1.82, 2.24) is 9.55 Å². The number of nitrogens with one attached hydrogen (secondary N) is 1. The predicted molar refractivity (Wildman–Crippen MR) is 65.2 cm³/mol. The smallest absolute Gasteiger partial charge is 0.351 e. The van der Waals surface area contributed by atoms with Gasteiger partial charge in [-0.1, -0.05) is 0 Å². The van der Waals surface area contributed by atoms with Gasteiger partial charge in [0.1, 0.15) is 12.2 Å². The maximum absolute atomic E-state index is 11.6. The Morgan fingerprint density at radius 2 is 2.00 bits per heavy atom. The van der Waals surface area contributed by atoms with Crippen LogP contribution in [0.25, 0.3) is 0 Å². The number of aliphatic hydroxyl groups excluding tert-OH is 2. The molecule has 0 saturated carbocycles. The van der Waals surface area contributed by atoms with Crippen molar-refractivity contribution in [3.63, 3.8) is 0 Å². The molecule has 2 heterocycles. The zero-order valence-corrected chi connectivity index (χ0v) is 11.3. The fourth-order valence-corrected chi connectivity index (χ4v) is 2.14. The van der Waals surface area contributed by atoms with Crippen LogP contribution in [0, 0.1) is 0 Å². The van der Waals surface area contributed by atoms with Crippen LogP contribution in [0.15, 0.2) is 21.9 Å². The number of ether oxygens (including phenoxy) is 2. The Hall–Kier alpha value is -1.33. The van der Waals surface area contributed by atoms with Crippen LogP contribution in [0.4, 0.5) is 0 Å². The van der Waals surface area contributed by atoms with E-state index in [0.717, 1.165) is 16.8 Å². The molecule has 0 spiro atoms. The van der Waals surface area contributed by atoms with Gasteiger partial charge in [0.15, 0.2) is 18.9 Å². The fourth-order valence-electron chi connectivity index (χ4n) is 1.79. The number of hydrogen-bond acceptors (Lipinski definition) is 7. The summed E-state index contributed by atoms with van der Waals surface area (Å²) in [4.78, 5) is 41.8. The number of hydrogen-bond donors (Lipinski definition) is 5. The van der Waals surface area contributed by atoms with Crippen LogP contribution in [0.3, 0.4) is 0 Å². The van der Waals surface area contributed by atoms with Crippen LogP contribution in [-0.2, 0) is 14.0 Å². The van der Waals surface area contributed by atoms with Gasteiger partial charge in [-0.05, 0) is 0 Å². The first kappa shape index (κ1) is 16.0. The minimum atomic E-state index is -4.48. The summed E-state index contributed by atoms with van der Waals surface area (Å²) in [6.45, 7) is 0. The average Bonchev–Trinajstić information content (AvgIpc) is 2.64. The molecule has 1 aliphatic rings. The Morgan fingerprint density at radius 1 is 1.33 bits per heavy atom. The third-order valence-corrected chi connectivity index (χ3v) is 3.21. The number of H-pyrrole nitrogens is 1. The van der Waals surface area contributed by atoms with E-state index in [1.165, 1.54) is 0 Å². The summed E-state index contributed by atoms with van der Waals surface area (Å²) in [6, 6.07) is 1.01. The van der Waals surface area contributed by atoms with E-state index in [-0.39, 0.29) is 0 Å². The fraction of sp³-hybridized carbons (Fsp3) is 0.556. The predicted octanol–water partition coefficient (Wildman–Crippen LogP) is -2.73. The second kappa shape index (κ2) is 5.81. The van der Waals surface area contributed by atoms with Crippen LogP contribution in [0.5, 0.6) is 0 Å². The van der Waals surface area contributed by atoms with E-state index in [4.69, 9.17) is 14.5 Å². The molecule has 2 rings (SSSR count). The summed E-state index contributed by atoms with van der Waals surface area (Å²) < 4.78 is 21.3. The van der Waals surface area contributed by atoms with Gasteiger partial charge in [0.05, 0.1) is 0 Å². The van der Waals surface area contributed by atoms with Crippen molar-refractivity contribution in [2.24, 2.45) is 0 Å². The van der Waals surface area contributed by atoms with Crippen molar-refractivity contribution in [3.05, 3.63) is 33.1 Å². The van der Waals surface area contributed by atoms with Crippen LogP contribution in [-0.4, -0.2) is 54.4 Å². The highest BCUT2D eigenvalue weighted by Crippen LogP contribution is 2.37. The standard InChI is InChI=1S/C9H13N2O9P/c12-4-1-2-11(9(15)10-4)7-5(13)6(14)8(20-7)19-3-21(16,17)18/h1-2,5-8,13-14H,3H2,(H,10,12,15)(H2,16,17,18)/t5-,6+,7-,8+/m1/s1. The molecule has 21 heavy (non-hydrogen) atoms. The SMILES string of the molecule is O=c1ccn([C@@H]2O[C@H](OCP(=O)(O)O)[C@@H](O)[C@H]2O)c(=O)[nH]1. The van der Waals surface area contributed by atoms with Gasteiger partial charge >= 0.3 is 13.3 Å². The normalized spacial score (nSPS) is 29.7. The molecule has 5 N–H and O–H groups in total. The van der Waals surface area contributed by atoms with Crippen LogP contribution >= 0.6 is 7.60 Å². The maximum Gasteiger partial charge on any atom is 0.351 e. The molecule has 1 aromatic heterocycles. The summed E-state index contributed by atoms with van der Waals surface area (Å²) in [5.41, 5.74) is -1.53. The van der Waals surface area contributed by atoms with Crippen molar-refractivity contribution < 1.29 is 34.0 Å². The molecule has 0 aromatic carbocycles. The lowest BCUT2D eigenvalue weighted by molar-refractivity contribution is -0.168. The molecule has 0 amide bonds. The monoisotopic (exact) mass is 324 g/mol. The highest BCUT2D eigenvalue weighted by atomic mass is 31.2. The van der Waals surface area contributed by atoms with Gasteiger partial charge < -0.3 is 29.5 Å². The summed E-state index contributed by atoms with van der Waals surface area (Å²) >= 11 is 0. The number of aromatic nitrogens is 2. The summed E-state index contributed by atoms with van der Waals surface area (Å²) in [5.74, 6) is 0. The average molecular weight is 324 g/mol. The second-order valence-electron chi connectivity index (χ2n) is 4.35. The lowest BCUT2D eigenvalue weighted by Crippen LogP contribution is -2.37. The van der Waals surface area contributed by atoms with E-state index in [0.29, 0.717) is 0 Å². The lowest BCUT2D eigenvalue weighted by Gasteiger charge is -2.16. The van der Waals surface area contributed by atoms with Gasteiger partial charge in [0.2, 0.25) is 0 Å². The Kier molecular flexibility index (Phi) is 4.44. The maximum atomic E-state index is 11.6. The summed E-state index contributed by atoms with van der Waals surface area (Å²) in [5, 5.41) is 19.5. The third kappa shape index (κ3) is 3.66.